The number of fused-ring (bicyclic) bond motifs is 3. The molecule has 98 valence electrons. The second-order valence-electron chi connectivity index (χ2n) is 5.18. The van der Waals surface area contributed by atoms with E-state index in [0.29, 0.717) is 5.69 Å². The summed E-state index contributed by atoms with van der Waals surface area (Å²) >= 11 is 0. The van der Waals surface area contributed by atoms with Gasteiger partial charge in [0, 0.05) is 11.8 Å². The molecule has 0 bridgehead atoms. The SMILES string of the molecule is [C-]#[N+]c1ccc2c(c1)Cc1c(-c3ccccn3)cccc1-2. The number of pyridine rings is 1. The van der Waals surface area contributed by atoms with Gasteiger partial charge in [0.15, 0.2) is 5.69 Å². The van der Waals surface area contributed by atoms with Crippen LogP contribution in [0, 0.1) is 6.57 Å². The zero-order valence-corrected chi connectivity index (χ0v) is 11.4. The third kappa shape index (κ3) is 1.83. The molecule has 4 rings (SSSR count). The van der Waals surface area contributed by atoms with Gasteiger partial charge in [-0.1, -0.05) is 42.5 Å². The van der Waals surface area contributed by atoms with Gasteiger partial charge in [0.05, 0.1) is 12.3 Å². The van der Waals surface area contributed by atoms with E-state index in [2.05, 4.69) is 34.1 Å². The summed E-state index contributed by atoms with van der Waals surface area (Å²) in [4.78, 5) is 8.00. The van der Waals surface area contributed by atoms with Gasteiger partial charge < -0.3 is 0 Å². The van der Waals surface area contributed by atoms with E-state index in [1.54, 1.807) is 0 Å². The van der Waals surface area contributed by atoms with Crippen molar-refractivity contribution in [1.82, 2.24) is 4.98 Å². The van der Waals surface area contributed by atoms with Gasteiger partial charge in [0.1, 0.15) is 0 Å². The summed E-state index contributed by atoms with van der Waals surface area (Å²) in [6, 6.07) is 18.3. The van der Waals surface area contributed by atoms with Gasteiger partial charge in [0.25, 0.3) is 0 Å². The van der Waals surface area contributed by atoms with Crippen molar-refractivity contribution in [2.75, 3.05) is 0 Å². The Balaban J connectivity index is 1.91. The highest BCUT2D eigenvalue weighted by molar-refractivity contribution is 5.84. The number of hydrogen-bond acceptors (Lipinski definition) is 1. The highest BCUT2D eigenvalue weighted by Gasteiger charge is 2.21. The fourth-order valence-electron chi connectivity index (χ4n) is 3.04. The molecular weight excluding hydrogens is 256 g/mol. The third-order valence-corrected chi connectivity index (χ3v) is 3.99. The Morgan fingerprint density at radius 1 is 0.905 bits per heavy atom. The van der Waals surface area contributed by atoms with E-state index < -0.39 is 0 Å². The lowest BCUT2D eigenvalue weighted by atomic mass is 9.99. The van der Waals surface area contributed by atoms with Crippen LogP contribution in [0.15, 0.2) is 60.8 Å². The van der Waals surface area contributed by atoms with Crippen molar-refractivity contribution in [2.45, 2.75) is 6.42 Å². The summed E-state index contributed by atoms with van der Waals surface area (Å²) in [6.07, 6.45) is 2.70. The number of benzene rings is 2. The highest BCUT2D eigenvalue weighted by Crippen LogP contribution is 2.42. The van der Waals surface area contributed by atoms with E-state index >= 15 is 0 Å². The first-order valence-corrected chi connectivity index (χ1v) is 6.91. The van der Waals surface area contributed by atoms with Crippen molar-refractivity contribution in [3.8, 4) is 22.4 Å². The summed E-state index contributed by atoms with van der Waals surface area (Å²) in [5.74, 6) is 0. The number of nitrogens with zero attached hydrogens (tertiary/aromatic N) is 2. The summed E-state index contributed by atoms with van der Waals surface area (Å²) in [5, 5.41) is 0. The molecule has 0 atom stereocenters. The van der Waals surface area contributed by atoms with Crippen LogP contribution in [0.4, 0.5) is 5.69 Å². The molecule has 1 aliphatic carbocycles. The average molecular weight is 268 g/mol. The van der Waals surface area contributed by atoms with Gasteiger partial charge in [-0.2, -0.15) is 0 Å². The molecule has 0 amide bonds. The molecule has 2 heteroatoms. The van der Waals surface area contributed by atoms with Crippen molar-refractivity contribution in [3.05, 3.63) is 83.3 Å². The molecule has 1 aliphatic rings. The quantitative estimate of drug-likeness (QED) is 0.450. The van der Waals surface area contributed by atoms with Crippen LogP contribution in [0.1, 0.15) is 11.1 Å². The molecule has 0 saturated heterocycles. The first kappa shape index (κ1) is 11.9. The molecular formula is C19H12N2. The number of aromatic nitrogens is 1. The maximum atomic E-state index is 7.16. The van der Waals surface area contributed by atoms with Crippen LogP contribution in [0.5, 0.6) is 0 Å². The molecule has 21 heavy (non-hydrogen) atoms. The molecule has 0 N–H and O–H groups in total. The minimum Gasteiger partial charge on any atom is -0.256 e. The van der Waals surface area contributed by atoms with Gasteiger partial charge in [-0.15, -0.1) is 0 Å². The predicted molar refractivity (Wildman–Crippen MR) is 84.2 cm³/mol. The van der Waals surface area contributed by atoms with E-state index in [4.69, 9.17) is 6.57 Å². The van der Waals surface area contributed by atoms with E-state index in [1.165, 1.54) is 27.8 Å². The fourth-order valence-corrected chi connectivity index (χ4v) is 3.04. The lowest BCUT2D eigenvalue weighted by Gasteiger charge is -2.07. The summed E-state index contributed by atoms with van der Waals surface area (Å²) in [7, 11) is 0. The maximum absolute atomic E-state index is 7.16. The molecule has 0 saturated carbocycles. The van der Waals surface area contributed by atoms with Crippen LogP contribution in [0.2, 0.25) is 0 Å². The van der Waals surface area contributed by atoms with Crippen LogP contribution < -0.4 is 0 Å². The van der Waals surface area contributed by atoms with Gasteiger partial charge in [-0.25, -0.2) is 4.85 Å². The van der Waals surface area contributed by atoms with E-state index in [9.17, 15) is 0 Å². The molecule has 1 aromatic heterocycles. The second kappa shape index (κ2) is 4.57. The van der Waals surface area contributed by atoms with E-state index in [0.717, 1.165) is 12.1 Å². The predicted octanol–water partition coefficient (Wildman–Crippen LogP) is 4.87. The summed E-state index contributed by atoms with van der Waals surface area (Å²) in [5.41, 5.74) is 7.97. The van der Waals surface area contributed by atoms with Crippen molar-refractivity contribution in [3.63, 3.8) is 0 Å². The smallest absolute Gasteiger partial charge is 0.187 e. The van der Waals surface area contributed by atoms with Crippen LogP contribution in [-0.2, 0) is 6.42 Å². The van der Waals surface area contributed by atoms with Crippen molar-refractivity contribution in [2.24, 2.45) is 0 Å². The molecule has 0 unspecified atom stereocenters. The van der Waals surface area contributed by atoms with Gasteiger partial charge >= 0.3 is 0 Å². The van der Waals surface area contributed by atoms with Crippen LogP contribution in [0.3, 0.4) is 0 Å². The van der Waals surface area contributed by atoms with Gasteiger partial charge in [0.2, 0.25) is 0 Å². The normalized spacial score (nSPS) is 11.6. The van der Waals surface area contributed by atoms with Crippen LogP contribution in [0.25, 0.3) is 27.2 Å². The standard InChI is InChI=1S/C19H12N2/c1-20-14-8-9-15-13(11-14)12-18-16(15)5-4-6-17(18)19-7-2-3-10-21-19/h2-11H,12H2. The first-order valence-electron chi connectivity index (χ1n) is 6.91. The average Bonchev–Trinajstić information content (AvgIpc) is 2.93. The number of hydrogen-bond donors (Lipinski definition) is 0. The van der Waals surface area contributed by atoms with Crippen LogP contribution in [-0.4, -0.2) is 4.98 Å². The third-order valence-electron chi connectivity index (χ3n) is 3.99. The van der Waals surface area contributed by atoms with E-state index in [-0.39, 0.29) is 0 Å². The van der Waals surface area contributed by atoms with Crippen molar-refractivity contribution in [1.29, 1.82) is 0 Å². The fraction of sp³-hybridized carbons (Fsp3) is 0.0526. The van der Waals surface area contributed by atoms with Crippen molar-refractivity contribution >= 4 is 5.69 Å². The number of rotatable bonds is 1. The molecule has 0 radical (unpaired) electrons. The molecule has 0 aliphatic heterocycles. The monoisotopic (exact) mass is 268 g/mol. The zero-order valence-electron chi connectivity index (χ0n) is 11.4. The minimum atomic E-state index is 0.709. The Kier molecular flexibility index (Phi) is 2.58. The molecule has 0 fully saturated rings. The first-order chi connectivity index (χ1) is 10.4. The zero-order chi connectivity index (χ0) is 14.2. The Labute approximate surface area is 123 Å². The molecule has 2 nitrogen and oxygen atoms in total. The Bertz CT molecular complexity index is 874. The maximum Gasteiger partial charge on any atom is 0.187 e. The molecule has 2 aromatic carbocycles. The topological polar surface area (TPSA) is 17.2 Å². The van der Waals surface area contributed by atoms with E-state index in [1.807, 2.05) is 36.5 Å². The highest BCUT2D eigenvalue weighted by atomic mass is 14.7. The Morgan fingerprint density at radius 2 is 1.81 bits per heavy atom. The van der Waals surface area contributed by atoms with Crippen LogP contribution >= 0.6 is 0 Å². The lowest BCUT2D eigenvalue weighted by Crippen LogP contribution is -1.89. The molecule has 3 aromatic rings. The second-order valence-corrected chi connectivity index (χ2v) is 5.18. The molecule has 1 heterocycles. The summed E-state index contributed by atoms with van der Waals surface area (Å²) < 4.78 is 0. The molecule has 0 spiro atoms. The Morgan fingerprint density at radius 3 is 2.62 bits per heavy atom. The lowest BCUT2D eigenvalue weighted by molar-refractivity contribution is 1.24. The largest absolute Gasteiger partial charge is 0.256 e. The minimum absolute atomic E-state index is 0.709. The van der Waals surface area contributed by atoms with Gasteiger partial charge in [-0.3, -0.25) is 4.98 Å². The summed E-state index contributed by atoms with van der Waals surface area (Å²) in [6.45, 7) is 7.16. The Hall–Kier alpha value is -2.92. The van der Waals surface area contributed by atoms with Gasteiger partial charge in [-0.05, 0) is 40.8 Å². The van der Waals surface area contributed by atoms with Crippen molar-refractivity contribution < 1.29 is 0 Å².